The van der Waals surface area contributed by atoms with E-state index in [2.05, 4.69) is 5.32 Å². The number of nitrogens with one attached hydrogen (secondary N) is 1. The summed E-state index contributed by atoms with van der Waals surface area (Å²) in [4.78, 5) is 29.7. The van der Waals surface area contributed by atoms with Crippen molar-refractivity contribution >= 4 is 40.5 Å². The summed E-state index contributed by atoms with van der Waals surface area (Å²) in [5, 5.41) is 13.6. The minimum Gasteiger partial charge on any atom is -0.388 e. The monoisotopic (exact) mass is 477 g/mol. The first kappa shape index (κ1) is 23.8. The summed E-state index contributed by atoms with van der Waals surface area (Å²) in [6.07, 6.45) is 0.681. The van der Waals surface area contributed by atoms with Crippen LogP contribution in [0.2, 0.25) is 5.02 Å². The maximum Gasteiger partial charge on any atom is 0.259 e. The maximum atomic E-state index is 13.4. The number of aliphatic hydroxyl groups excluding tert-OH is 1. The number of anilines is 3. The van der Waals surface area contributed by atoms with Gasteiger partial charge in [-0.25, -0.2) is 0 Å². The first-order valence-electron chi connectivity index (χ1n) is 11.5. The second kappa shape index (κ2) is 10.7. The molecule has 0 aliphatic carbocycles. The summed E-state index contributed by atoms with van der Waals surface area (Å²) in [6.45, 7) is 3.38. The van der Waals surface area contributed by atoms with Crippen LogP contribution < -0.4 is 15.1 Å². The number of para-hydroxylation sites is 2. The van der Waals surface area contributed by atoms with Crippen LogP contribution in [-0.2, 0) is 4.79 Å². The topological polar surface area (TPSA) is 72.9 Å². The van der Waals surface area contributed by atoms with Gasteiger partial charge in [0, 0.05) is 35.7 Å². The molecule has 1 atom stereocenters. The Bertz CT molecular complexity index is 1170. The van der Waals surface area contributed by atoms with Crippen molar-refractivity contribution in [1.82, 2.24) is 0 Å². The number of carbonyl (C=O) groups excluding carboxylic acids is 2. The van der Waals surface area contributed by atoms with Crippen molar-refractivity contribution < 1.29 is 14.7 Å². The predicted molar refractivity (Wildman–Crippen MR) is 137 cm³/mol. The number of hydrogen-bond donors (Lipinski definition) is 2. The fourth-order valence-electron chi connectivity index (χ4n) is 4.25. The number of rotatable bonds is 6. The Morgan fingerprint density at radius 1 is 1.09 bits per heavy atom. The number of carbonyl (C=O) groups is 2. The molecular formula is C27H28ClN3O3. The highest BCUT2D eigenvalue weighted by atomic mass is 35.5. The summed E-state index contributed by atoms with van der Waals surface area (Å²) in [7, 11) is 0. The number of fused-ring (bicyclic) bond motifs is 1. The first-order valence-corrected chi connectivity index (χ1v) is 11.8. The number of amides is 2. The highest BCUT2D eigenvalue weighted by molar-refractivity contribution is 6.35. The Morgan fingerprint density at radius 3 is 2.56 bits per heavy atom. The number of nitrogens with zero attached hydrogens (tertiary/aromatic N) is 2. The van der Waals surface area contributed by atoms with E-state index in [-0.39, 0.29) is 23.4 Å². The Kier molecular flexibility index (Phi) is 7.50. The quantitative estimate of drug-likeness (QED) is 0.506. The fraction of sp³-hybridized carbons (Fsp3) is 0.259. The number of aliphatic hydroxyl groups is 1. The lowest BCUT2D eigenvalue weighted by Gasteiger charge is -2.24. The molecule has 1 aliphatic heterocycles. The molecule has 0 aromatic heterocycles. The fourth-order valence-corrected chi connectivity index (χ4v) is 4.52. The molecule has 0 bridgehead atoms. The Morgan fingerprint density at radius 2 is 1.82 bits per heavy atom. The Hall–Kier alpha value is -3.35. The van der Waals surface area contributed by atoms with Gasteiger partial charge in [0.2, 0.25) is 5.91 Å². The highest BCUT2D eigenvalue weighted by Gasteiger charge is 2.27. The molecule has 0 saturated carbocycles. The van der Waals surface area contributed by atoms with E-state index in [0.717, 1.165) is 11.3 Å². The van der Waals surface area contributed by atoms with Gasteiger partial charge in [0.05, 0.1) is 23.2 Å². The van der Waals surface area contributed by atoms with Gasteiger partial charge >= 0.3 is 0 Å². The zero-order valence-corrected chi connectivity index (χ0v) is 19.8. The van der Waals surface area contributed by atoms with Crippen LogP contribution in [-0.4, -0.2) is 36.6 Å². The molecule has 1 heterocycles. The Labute approximate surface area is 204 Å². The summed E-state index contributed by atoms with van der Waals surface area (Å²) in [5.74, 6) is -0.401. The molecule has 2 N–H and O–H groups in total. The highest BCUT2D eigenvalue weighted by Crippen LogP contribution is 2.34. The summed E-state index contributed by atoms with van der Waals surface area (Å²) in [5.41, 5.74) is 3.30. The van der Waals surface area contributed by atoms with Crippen molar-refractivity contribution in [1.29, 1.82) is 0 Å². The smallest absolute Gasteiger partial charge is 0.259 e. The van der Waals surface area contributed by atoms with Crippen LogP contribution in [0, 0.1) is 0 Å². The van der Waals surface area contributed by atoms with E-state index in [1.165, 1.54) is 0 Å². The number of benzene rings is 3. The normalized spacial score (nSPS) is 15.3. The molecular weight excluding hydrogens is 450 g/mol. The molecule has 1 aliphatic rings. The molecule has 0 spiro atoms. The van der Waals surface area contributed by atoms with Crippen LogP contribution in [0.25, 0.3) is 0 Å². The second-order valence-electron chi connectivity index (χ2n) is 8.27. The second-order valence-corrected chi connectivity index (χ2v) is 8.67. The average molecular weight is 478 g/mol. The van der Waals surface area contributed by atoms with Crippen molar-refractivity contribution in [2.24, 2.45) is 0 Å². The molecule has 2 amide bonds. The lowest BCUT2D eigenvalue weighted by molar-refractivity contribution is -0.115. The molecule has 0 fully saturated rings. The third-order valence-corrected chi connectivity index (χ3v) is 6.32. The third kappa shape index (κ3) is 5.24. The van der Waals surface area contributed by atoms with Gasteiger partial charge in [-0.1, -0.05) is 48.0 Å². The molecule has 1 unspecified atom stereocenters. The summed E-state index contributed by atoms with van der Waals surface area (Å²) in [6, 6.07) is 22.1. The van der Waals surface area contributed by atoms with E-state index in [0.29, 0.717) is 42.9 Å². The SMILES string of the molecule is CCN(CC(=O)Nc1ccc(C(=O)N2CCCC(O)c3ccccc32)c(Cl)c1)c1ccccc1. The van der Waals surface area contributed by atoms with Gasteiger partial charge in [-0.2, -0.15) is 0 Å². The molecule has 0 radical (unpaired) electrons. The molecule has 7 heteroatoms. The zero-order chi connectivity index (χ0) is 24.1. The van der Waals surface area contributed by atoms with Crippen LogP contribution >= 0.6 is 11.6 Å². The van der Waals surface area contributed by atoms with Crippen molar-refractivity contribution in [3.8, 4) is 0 Å². The lowest BCUT2D eigenvalue weighted by Crippen LogP contribution is -2.33. The molecule has 3 aromatic carbocycles. The lowest BCUT2D eigenvalue weighted by atomic mass is 10.0. The van der Waals surface area contributed by atoms with E-state index in [1.807, 2.05) is 66.4 Å². The molecule has 6 nitrogen and oxygen atoms in total. The van der Waals surface area contributed by atoms with Gasteiger partial charge in [0.1, 0.15) is 0 Å². The third-order valence-electron chi connectivity index (χ3n) is 6.01. The van der Waals surface area contributed by atoms with Crippen LogP contribution in [0.1, 0.15) is 41.8 Å². The van der Waals surface area contributed by atoms with Gasteiger partial charge in [-0.15, -0.1) is 0 Å². The Balaban J connectivity index is 1.48. The van der Waals surface area contributed by atoms with Crippen molar-refractivity contribution in [2.75, 3.05) is 34.8 Å². The molecule has 3 aromatic rings. The summed E-state index contributed by atoms with van der Waals surface area (Å²) >= 11 is 6.49. The van der Waals surface area contributed by atoms with E-state index < -0.39 is 6.10 Å². The van der Waals surface area contributed by atoms with Crippen molar-refractivity contribution in [3.63, 3.8) is 0 Å². The van der Waals surface area contributed by atoms with Gasteiger partial charge in [-0.3, -0.25) is 9.59 Å². The molecule has 176 valence electrons. The minimum atomic E-state index is -0.597. The summed E-state index contributed by atoms with van der Waals surface area (Å²) < 4.78 is 0. The van der Waals surface area contributed by atoms with Crippen LogP contribution in [0.15, 0.2) is 72.8 Å². The number of likely N-dealkylation sites (N-methyl/N-ethyl adjacent to an activating group) is 1. The van der Waals surface area contributed by atoms with Crippen LogP contribution in [0.5, 0.6) is 0 Å². The van der Waals surface area contributed by atoms with Gasteiger partial charge in [-0.05, 0) is 56.2 Å². The molecule has 4 rings (SSSR count). The number of hydrogen-bond acceptors (Lipinski definition) is 4. The van der Waals surface area contributed by atoms with E-state index >= 15 is 0 Å². The zero-order valence-electron chi connectivity index (χ0n) is 19.1. The van der Waals surface area contributed by atoms with Crippen LogP contribution in [0.3, 0.4) is 0 Å². The van der Waals surface area contributed by atoms with Gasteiger partial charge < -0.3 is 20.2 Å². The predicted octanol–water partition coefficient (Wildman–Crippen LogP) is 5.28. The average Bonchev–Trinajstić information content (AvgIpc) is 3.02. The standard InChI is InChI=1S/C27H28ClN3O3/c1-2-30(20-9-4-3-5-10-20)18-26(33)29-19-14-15-21(23(28)17-19)27(34)31-16-8-13-25(32)22-11-6-7-12-24(22)31/h3-7,9-12,14-15,17,25,32H,2,8,13,16,18H2,1H3,(H,29,33). The maximum absolute atomic E-state index is 13.4. The van der Waals surface area contributed by atoms with E-state index in [1.54, 1.807) is 23.1 Å². The van der Waals surface area contributed by atoms with E-state index in [9.17, 15) is 14.7 Å². The van der Waals surface area contributed by atoms with Crippen LogP contribution in [0.4, 0.5) is 17.1 Å². The molecule has 34 heavy (non-hydrogen) atoms. The molecule has 0 saturated heterocycles. The minimum absolute atomic E-state index is 0.170. The largest absolute Gasteiger partial charge is 0.388 e. The van der Waals surface area contributed by atoms with E-state index in [4.69, 9.17) is 11.6 Å². The van der Waals surface area contributed by atoms with Gasteiger partial charge in [0.25, 0.3) is 5.91 Å². The van der Waals surface area contributed by atoms with Gasteiger partial charge in [0.15, 0.2) is 0 Å². The van der Waals surface area contributed by atoms with Crippen molar-refractivity contribution in [2.45, 2.75) is 25.9 Å². The first-order chi connectivity index (χ1) is 16.5. The number of halogens is 1. The van der Waals surface area contributed by atoms with Crippen molar-refractivity contribution in [3.05, 3.63) is 88.9 Å².